The topological polar surface area (TPSA) is 130 Å². The van der Waals surface area contributed by atoms with Gasteiger partial charge in [0.2, 0.25) is 5.91 Å². The number of oxime groups is 1. The number of carboxylic acids is 1. The first-order valence-corrected chi connectivity index (χ1v) is 12.7. The molecular formula is C27H33ClN4O6. The summed E-state index contributed by atoms with van der Waals surface area (Å²) in [5.41, 5.74) is 1.61. The van der Waals surface area contributed by atoms with Gasteiger partial charge in [0.05, 0.1) is 31.2 Å². The third-order valence-electron chi connectivity index (χ3n) is 6.07. The first kappa shape index (κ1) is 28.8. The molecule has 1 unspecified atom stereocenters. The number of benzene rings is 2. The molecule has 1 saturated heterocycles. The van der Waals surface area contributed by atoms with Crippen molar-refractivity contribution < 1.29 is 29.1 Å². The third kappa shape index (κ3) is 7.38. The monoisotopic (exact) mass is 544 g/mol. The number of halogens is 1. The molecule has 1 aliphatic rings. The predicted molar refractivity (Wildman–Crippen MR) is 144 cm³/mol. The number of hydrogen-bond donors (Lipinski definition) is 3. The van der Waals surface area contributed by atoms with Crippen LogP contribution in [-0.2, 0) is 16.1 Å². The van der Waals surface area contributed by atoms with Gasteiger partial charge in [0.1, 0.15) is 11.9 Å². The number of carboxylic acid groups (broad SMARTS) is 1. The number of nitrogens with zero attached hydrogens (tertiary/aromatic N) is 2. The van der Waals surface area contributed by atoms with Gasteiger partial charge in [0.25, 0.3) is 0 Å². The molecule has 3 N–H and O–H groups in total. The van der Waals surface area contributed by atoms with Crippen LogP contribution in [0.25, 0.3) is 0 Å². The fraction of sp³-hybridized carbons (Fsp3) is 0.407. The van der Waals surface area contributed by atoms with Crippen molar-refractivity contribution in [2.75, 3.05) is 20.2 Å². The number of urea groups is 1. The van der Waals surface area contributed by atoms with Gasteiger partial charge in [-0.1, -0.05) is 35.8 Å². The van der Waals surface area contributed by atoms with Gasteiger partial charge in [-0.05, 0) is 68.1 Å². The van der Waals surface area contributed by atoms with E-state index in [0.29, 0.717) is 23.0 Å². The zero-order valence-electron chi connectivity index (χ0n) is 21.9. The second-order valence-electron chi connectivity index (χ2n) is 9.19. The van der Waals surface area contributed by atoms with Gasteiger partial charge < -0.3 is 25.3 Å². The van der Waals surface area contributed by atoms with Crippen molar-refractivity contribution in [3.8, 4) is 5.75 Å². The van der Waals surface area contributed by atoms with Crippen molar-refractivity contribution in [2.24, 2.45) is 11.1 Å². The SMILES string of the molecule is CCC(NC(=O)N1C/C(=N/OC(C)C)NC[C@@H](Cc2cc(Cl)ccc2OC)C1=O)c1ccc(C(=O)O)cc1. The largest absolute Gasteiger partial charge is 0.496 e. The number of amidine groups is 1. The van der Waals surface area contributed by atoms with E-state index in [4.69, 9.17) is 26.3 Å². The first-order valence-electron chi connectivity index (χ1n) is 12.4. The molecule has 3 rings (SSSR count). The maximum atomic E-state index is 13.7. The average molecular weight is 545 g/mol. The average Bonchev–Trinajstić information content (AvgIpc) is 3.05. The summed E-state index contributed by atoms with van der Waals surface area (Å²) in [6.07, 6.45) is 0.625. The Balaban J connectivity index is 1.87. The summed E-state index contributed by atoms with van der Waals surface area (Å²) in [6.45, 7) is 5.67. The third-order valence-corrected chi connectivity index (χ3v) is 6.30. The summed E-state index contributed by atoms with van der Waals surface area (Å²) >= 11 is 6.19. The standard InChI is InChI=1S/C27H33ClN4O6/c1-5-22(17-6-8-18(9-7-17)26(34)35)30-27(36)32-15-24(31-38-16(2)3)29-14-20(25(32)33)12-19-13-21(28)10-11-23(19)37-4/h6-11,13,16,20,22H,5,12,14-15H2,1-4H3,(H,29,31)(H,30,36)(H,34,35)/t20-,22?/m1/s1. The van der Waals surface area contributed by atoms with Crippen molar-refractivity contribution in [2.45, 2.75) is 45.8 Å². The number of methoxy groups -OCH3 is 1. The van der Waals surface area contributed by atoms with Crippen molar-refractivity contribution in [1.82, 2.24) is 15.5 Å². The van der Waals surface area contributed by atoms with E-state index in [1.165, 1.54) is 12.1 Å². The molecule has 0 spiro atoms. The van der Waals surface area contributed by atoms with E-state index in [0.717, 1.165) is 16.0 Å². The normalized spacial score (nSPS) is 17.5. The molecule has 204 valence electrons. The molecule has 1 aliphatic heterocycles. The lowest BCUT2D eigenvalue weighted by molar-refractivity contribution is -0.131. The Kier molecular flexibility index (Phi) is 9.95. The minimum atomic E-state index is -1.03. The Morgan fingerprint density at radius 2 is 1.95 bits per heavy atom. The Morgan fingerprint density at radius 3 is 2.55 bits per heavy atom. The smallest absolute Gasteiger partial charge is 0.335 e. The minimum absolute atomic E-state index is 0.102. The second-order valence-corrected chi connectivity index (χ2v) is 9.63. The molecule has 0 radical (unpaired) electrons. The summed E-state index contributed by atoms with van der Waals surface area (Å²) < 4.78 is 5.44. The number of aromatic carboxylic acids is 1. The van der Waals surface area contributed by atoms with E-state index in [2.05, 4.69) is 15.8 Å². The van der Waals surface area contributed by atoms with E-state index in [1.807, 2.05) is 20.8 Å². The number of imide groups is 1. The van der Waals surface area contributed by atoms with Gasteiger partial charge >= 0.3 is 12.0 Å². The van der Waals surface area contributed by atoms with Gasteiger partial charge in [-0.2, -0.15) is 0 Å². The van der Waals surface area contributed by atoms with Crippen LogP contribution >= 0.6 is 11.6 Å². The highest BCUT2D eigenvalue weighted by atomic mass is 35.5. The maximum absolute atomic E-state index is 13.7. The van der Waals surface area contributed by atoms with Crippen molar-refractivity contribution in [1.29, 1.82) is 0 Å². The molecule has 0 aromatic heterocycles. The predicted octanol–water partition coefficient (Wildman–Crippen LogP) is 4.24. The summed E-state index contributed by atoms with van der Waals surface area (Å²) in [7, 11) is 1.54. The highest BCUT2D eigenvalue weighted by Crippen LogP contribution is 2.27. The zero-order chi connectivity index (χ0) is 27.8. The number of carbonyl (C=O) groups excluding carboxylic acids is 2. The fourth-order valence-electron chi connectivity index (χ4n) is 4.07. The van der Waals surface area contributed by atoms with Crippen LogP contribution in [0.1, 0.15) is 54.7 Å². The molecule has 38 heavy (non-hydrogen) atoms. The highest BCUT2D eigenvalue weighted by Gasteiger charge is 2.35. The quantitative estimate of drug-likeness (QED) is 0.403. The van der Waals surface area contributed by atoms with Crippen LogP contribution in [0.2, 0.25) is 5.02 Å². The van der Waals surface area contributed by atoms with Crippen LogP contribution in [0.4, 0.5) is 4.79 Å². The molecule has 0 saturated carbocycles. The Labute approximate surface area is 226 Å². The van der Waals surface area contributed by atoms with Crippen molar-refractivity contribution in [3.63, 3.8) is 0 Å². The number of rotatable bonds is 9. The Bertz CT molecular complexity index is 1180. The molecule has 1 heterocycles. The lowest BCUT2D eigenvalue weighted by atomic mass is 9.97. The molecular weight excluding hydrogens is 512 g/mol. The van der Waals surface area contributed by atoms with E-state index in [-0.39, 0.29) is 37.1 Å². The number of nitrogens with one attached hydrogen (secondary N) is 2. The molecule has 2 aromatic rings. The summed E-state index contributed by atoms with van der Waals surface area (Å²) in [6, 6.07) is 10.4. The number of hydrogen-bond acceptors (Lipinski definition) is 6. The van der Waals surface area contributed by atoms with Crippen LogP contribution < -0.4 is 15.4 Å². The lowest BCUT2D eigenvalue weighted by Crippen LogP contribution is -2.48. The molecule has 0 bridgehead atoms. The maximum Gasteiger partial charge on any atom is 0.335 e. The Hall–Kier alpha value is -3.79. The van der Waals surface area contributed by atoms with E-state index < -0.39 is 24.0 Å². The van der Waals surface area contributed by atoms with E-state index in [1.54, 1.807) is 37.4 Å². The van der Waals surface area contributed by atoms with Gasteiger partial charge in [-0.15, -0.1) is 0 Å². The molecule has 11 heteroatoms. The summed E-state index contributed by atoms with van der Waals surface area (Å²) in [4.78, 5) is 44.8. The van der Waals surface area contributed by atoms with Gasteiger partial charge in [0.15, 0.2) is 5.84 Å². The summed E-state index contributed by atoms with van der Waals surface area (Å²) in [5, 5.41) is 19.8. The first-order chi connectivity index (χ1) is 18.1. The van der Waals surface area contributed by atoms with Crippen LogP contribution in [0.15, 0.2) is 47.6 Å². The Morgan fingerprint density at radius 1 is 1.24 bits per heavy atom. The zero-order valence-corrected chi connectivity index (χ0v) is 22.6. The van der Waals surface area contributed by atoms with Gasteiger partial charge in [-0.25, -0.2) is 9.59 Å². The van der Waals surface area contributed by atoms with E-state index in [9.17, 15) is 14.4 Å². The van der Waals surface area contributed by atoms with Gasteiger partial charge in [0, 0.05) is 11.6 Å². The molecule has 10 nitrogen and oxygen atoms in total. The number of amides is 3. The minimum Gasteiger partial charge on any atom is -0.496 e. The van der Waals surface area contributed by atoms with Crippen molar-refractivity contribution in [3.05, 3.63) is 64.2 Å². The van der Waals surface area contributed by atoms with Crippen LogP contribution in [0.5, 0.6) is 5.75 Å². The van der Waals surface area contributed by atoms with Crippen molar-refractivity contribution >= 4 is 35.3 Å². The fourth-order valence-corrected chi connectivity index (χ4v) is 4.27. The number of ether oxygens (including phenoxy) is 1. The highest BCUT2D eigenvalue weighted by molar-refractivity contribution is 6.30. The van der Waals surface area contributed by atoms with Crippen LogP contribution in [-0.4, -0.2) is 60.1 Å². The molecule has 3 amide bonds. The van der Waals surface area contributed by atoms with Crippen LogP contribution in [0, 0.1) is 5.92 Å². The second kappa shape index (κ2) is 13.1. The molecule has 2 atom stereocenters. The summed E-state index contributed by atoms with van der Waals surface area (Å²) in [5.74, 6) is -1.09. The number of carbonyl (C=O) groups is 3. The molecule has 1 fully saturated rings. The van der Waals surface area contributed by atoms with Gasteiger partial charge in [-0.3, -0.25) is 9.69 Å². The van der Waals surface area contributed by atoms with Crippen LogP contribution in [0.3, 0.4) is 0 Å². The van der Waals surface area contributed by atoms with E-state index >= 15 is 0 Å². The lowest BCUT2D eigenvalue weighted by Gasteiger charge is -2.26. The molecule has 2 aromatic carbocycles. The molecule has 0 aliphatic carbocycles.